The van der Waals surface area contributed by atoms with Crippen molar-refractivity contribution in [3.05, 3.63) is 64.5 Å². The number of halogens is 1. The third kappa shape index (κ3) is 4.55. The Hall–Kier alpha value is -3.37. The van der Waals surface area contributed by atoms with Crippen molar-refractivity contribution in [2.24, 2.45) is 0 Å². The molecule has 0 radical (unpaired) electrons. The molecule has 2 aromatic carbocycles. The zero-order valence-corrected chi connectivity index (χ0v) is 16.9. The topological polar surface area (TPSA) is 101 Å². The monoisotopic (exact) mass is 410 g/mol. The third-order valence-electron chi connectivity index (χ3n) is 4.37. The van der Waals surface area contributed by atoms with Crippen molar-refractivity contribution in [3.8, 4) is 17.5 Å². The third-order valence-corrected chi connectivity index (χ3v) is 4.85. The molecule has 29 heavy (non-hydrogen) atoms. The van der Waals surface area contributed by atoms with Crippen LogP contribution >= 0.6 is 11.6 Å². The van der Waals surface area contributed by atoms with Crippen LogP contribution in [0.5, 0.6) is 0 Å². The SMILES string of the molecule is CC(=O)OC(C)C(Nc1ccc(C#N)c(Cl)c1C)c1nnc(-c2ccccc2)o1. The number of rotatable bonds is 6. The molecule has 0 saturated heterocycles. The van der Waals surface area contributed by atoms with Crippen LogP contribution in [0.1, 0.15) is 36.9 Å². The predicted octanol–water partition coefficient (Wildman–Crippen LogP) is 4.67. The zero-order valence-electron chi connectivity index (χ0n) is 16.1. The number of benzene rings is 2. The summed E-state index contributed by atoms with van der Waals surface area (Å²) in [5.74, 6) is 0.191. The number of anilines is 1. The molecule has 8 heteroatoms. The Labute approximate surface area is 173 Å². The van der Waals surface area contributed by atoms with Crippen LogP contribution < -0.4 is 5.32 Å². The van der Waals surface area contributed by atoms with Gasteiger partial charge in [0.1, 0.15) is 18.2 Å². The molecule has 2 unspecified atom stereocenters. The Balaban J connectivity index is 1.96. The van der Waals surface area contributed by atoms with Crippen molar-refractivity contribution in [1.82, 2.24) is 10.2 Å². The van der Waals surface area contributed by atoms with E-state index in [1.165, 1.54) is 6.92 Å². The van der Waals surface area contributed by atoms with Crippen LogP contribution in [0.2, 0.25) is 5.02 Å². The molecule has 1 heterocycles. The first-order valence-corrected chi connectivity index (χ1v) is 9.30. The van der Waals surface area contributed by atoms with E-state index in [0.29, 0.717) is 27.7 Å². The van der Waals surface area contributed by atoms with Crippen LogP contribution in [0.4, 0.5) is 5.69 Å². The van der Waals surface area contributed by atoms with Crippen molar-refractivity contribution in [2.45, 2.75) is 32.9 Å². The number of ether oxygens (including phenoxy) is 1. The van der Waals surface area contributed by atoms with E-state index in [4.69, 9.17) is 26.0 Å². The molecule has 0 saturated carbocycles. The van der Waals surface area contributed by atoms with Gasteiger partial charge in [-0.3, -0.25) is 4.79 Å². The van der Waals surface area contributed by atoms with Crippen LogP contribution in [0.3, 0.4) is 0 Å². The lowest BCUT2D eigenvalue weighted by molar-refractivity contribution is -0.146. The second kappa shape index (κ2) is 8.76. The lowest BCUT2D eigenvalue weighted by Gasteiger charge is -2.24. The molecule has 3 aromatic rings. The van der Waals surface area contributed by atoms with Crippen molar-refractivity contribution in [1.29, 1.82) is 5.26 Å². The van der Waals surface area contributed by atoms with Gasteiger partial charge in [0.05, 0.1) is 10.6 Å². The zero-order chi connectivity index (χ0) is 21.0. The molecule has 0 bridgehead atoms. The summed E-state index contributed by atoms with van der Waals surface area (Å²) in [7, 11) is 0. The summed E-state index contributed by atoms with van der Waals surface area (Å²) in [4.78, 5) is 11.5. The smallest absolute Gasteiger partial charge is 0.302 e. The van der Waals surface area contributed by atoms with Gasteiger partial charge in [0.2, 0.25) is 11.8 Å². The molecule has 1 aromatic heterocycles. The molecule has 0 amide bonds. The first kappa shape index (κ1) is 20.4. The van der Waals surface area contributed by atoms with E-state index in [1.807, 2.05) is 36.4 Å². The first-order valence-electron chi connectivity index (χ1n) is 8.92. The Morgan fingerprint density at radius 1 is 1.24 bits per heavy atom. The van der Waals surface area contributed by atoms with Gasteiger partial charge in [0.15, 0.2) is 0 Å². The largest absolute Gasteiger partial charge is 0.460 e. The highest BCUT2D eigenvalue weighted by Crippen LogP contribution is 2.32. The van der Waals surface area contributed by atoms with Crippen molar-refractivity contribution in [2.75, 3.05) is 5.32 Å². The standard InChI is InChI=1S/C21H19ClN4O3/c1-12-17(10-9-16(11-23)18(12)22)24-19(13(2)28-14(3)27)21-26-25-20(29-21)15-7-5-4-6-8-15/h4-10,13,19,24H,1-3H3. The molecular weight excluding hydrogens is 392 g/mol. The molecule has 2 atom stereocenters. The van der Waals surface area contributed by atoms with E-state index in [2.05, 4.69) is 15.5 Å². The van der Waals surface area contributed by atoms with Crippen LogP contribution in [0, 0.1) is 18.3 Å². The van der Waals surface area contributed by atoms with Gasteiger partial charge in [-0.1, -0.05) is 29.8 Å². The predicted molar refractivity (Wildman–Crippen MR) is 108 cm³/mol. The summed E-state index contributed by atoms with van der Waals surface area (Å²) in [5.41, 5.74) is 2.51. The highest BCUT2D eigenvalue weighted by Gasteiger charge is 2.28. The van der Waals surface area contributed by atoms with E-state index < -0.39 is 18.1 Å². The lowest BCUT2D eigenvalue weighted by atomic mass is 10.1. The number of carbonyl (C=O) groups is 1. The minimum absolute atomic E-state index is 0.262. The van der Waals surface area contributed by atoms with Gasteiger partial charge in [0.25, 0.3) is 0 Å². The fourth-order valence-electron chi connectivity index (χ4n) is 2.86. The van der Waals surface area contributed by atoms with Gasteiger partial charge in [-0.25, -0.2) is 0 Å². The Morgan fingerprint density at radius 2 is 1.97 bits per heavy atom. The quantitative estimate of drug-likeness (QED) is 0.589. The number of esters is 1. The average Bonchev–Trinajstić information content (AvgIpc) is 3.19. The normalized spacial score (nSPS) is 12.7. The Kier molecular flexibility index (Phi) is 6.15. The Bertz CT molecular complexity index is 1060. The van der Waals surface area contributed by atoms with Crippen LogP contribution in [-0.4, -0.2) is 22.3 Å². The van der Waals surface area contributed by atoms with E-state index in [9.17, 15) is 4.79 Å². The molecule has 0 aliphatic carbocycles. The molecule has 148 valence electrons. The van der Waals surface area contributed by atoms with E-state index >= 15 is 0 Å². The maximum Gasteiger partial charge on any atom is 0.302 e. The number of carbonyl (C=O) groups excluding carboxylic acids is 1. The number of nitrogens with zero attached hydrogens (tertiary/aromatic N) is 3. The van der Waals surface area contributed by atoms with Gasteiger partial charge >= 0.3 is 5.97 Å². The van der Waals surface area contributed by atoms with Crippen molar-refractivity contribution in [3.63, 3.8) is 0 Å². The minimum atomic E-state index is -0.619. The molecule has 0 fully saturated rings. The molecule has 0 aliphatic heterocycles. The number of hydrogen-bond acceptors (Lipinski definition) is 7. The van der Waals surface area contributed by atoms with E-state index in [1.54, 1.807) is 26.0 Å². The summed E-state index contributed by atoms with van der Waals surface area (Å²) < 4.78 is 11.2. The second-order valence-electron chi connectivity index (χ2n) is 6.46. The van der Waals surface area contributed by atoms with Gasteiger partial charge in [-0.2, -0.15) is 5.26 Å². The summed E-state index contributed by atoms with van der Waals surface area (Å²) in [5, 5.41) is 21.0. The molecule has 3 rings (SSSR count). The van der Waals surface area contributed by atoms with Crippen LogP contribution in [0.25, 0.3) is 11.5 Å². The highest BCUT2D eigenvalue weighted by atomic mass is 35.5. The number of nitrogens with one attached hydrogen (secondary N) is 1. The van der Waals surface area contributed by atoms with Crippen molar-refractivity contribution >= 4 is 23.3 Å². The van der Waals surface area contributed by atoms with Crippen LogP contribution in [0.15, 0.2) is 46.9 Å². The van der Waals surface area contributed by atoms with Crippen LogP contribution in [-0.2, 0) is 9.53 Å². The fourth-order valence-corrected chi connectivity index (χ4v) is 3.07. The number of nitriles is 1. The molecule has 7 nitrogen and oxygen atoms in total. The Morgan fingerprint density at radius 3 is 2.62 bits per heavy atom. The van der Waals surface area contributed by atoms with Gasteiger partial charge in [-0.15, -0.1) is 10.2 Å². The van der Waals surface area contributed by atoms with E-state index in [-0.39, 0.29) is 5.89 Å². The fraction of sp³-hybridized carbons (Fsp3) is 0.238. The molecular formula is C21H19ClN4O3. The molecule has 1 N–H and O–H groups in total. The molecule has 0 aliphatic rings. The maximum absolute atomic E-state index is 11.5. The lowest BCUT2D eigenvalue weighted by Crippen LogP contribution is -2.28. The highest BCUT2D eigenvalue weighted by molar-refractivity contribution is 6.32. The summed E-state index contributed by atoms with van der Waals surface area (Å²) in [6, 6.07) is 14.2. The maximum atomic E-state index is 11.5. The van der Waals surface area contributed by atoms with Crippen molar-refractivity contribution < 1.29 is 13.9 Å². The van der Waals surface area contributed by atoms with Gasteiger partial charge < -0.3 is 14.5 Å². The number of aromatic nitrogens is 2. The second-order valence-corrected chi connectivity index (χ2v) is 6.84. The van der Waals surface area contributed by atoms with Gasteiger partial charge in [0, 0.05) is 18.2 Å². The molecule has 0 spiro atoms. The summed E-state index contributed by atoms with van der Waals surface area (Å²) in [6.45, 7) is 4.86. The number of hydrogen-bond donors (Lipinski definition) is 1. The average molecular weight is 411 g/mol. The summed E-state index contributed by atoms with van der Waals surface area (Å²) >= 11 is 6.28. The van der Waals surface area contributed by atoms with E-state index in [0.717, 1.165) is 5.56 Å². The van der Waals surface area contributed by atoms with Gasteiger partial charge in [-0.05, 0) is 43.7 Å². The summed E-state index contributed by atoms with van der Waals surface area (Å²) in [6.07, 6.45) is -0.606. The minimum Gasteiger partial charge on any atom is -0.460 e. The first-order chi connectivity index (χ1) is 13.9.